The molecule has 1 aromatic heterocycles. The number of thiophene rings is 1. The number of benzene rings is 1. The highest BCUT2D eigenvalue weighted by atomic mass is 32.1. The van der Waals surface area contributed by atoms with E-state index < -0.39 is 0 Å². The van der Waals surface area contributed by atoms with Crippen molar-refractivity contribution in [3.8, 4) is 0 Å². The van der Waals surface area contributed by atoms with Gasteiger partial charge >= 0.3 is 0 Å². The first-order valence-electron chi connectivity index (χ1n) is 6.73. The van der Waals surface area contributed by atoms with Gasteiger partial charge in [0.2, 0.25) is 5.91 Å². The van der Waals surface area contributed by atoms with Gasteiger partial charge in [-0.15, -0.1) is 11.3 Å². The molecule has 0 saturated carbocycles. The third-order valence-corrected chi connectivity index (χ3v) is 4.23. The lowest BCUT2D eigenvalue weighted by molar-refractivity contribution is -0.114. The Labute approximate surface area is 124 Å². The minimum Gasteiger partial charge on any atom is -0.326 e. The first kappa shape index (κ1) is 14.8. The lowest BCUT2D eigenvalue weighted by atomic mass is 10.1. The van der Waals surface area contributed by atoms with E-state index in [-0.39, 0.29) is 11.9 Å². The molecular weight excluding hydrogens is 268 g/mol. The van der Waals surface area contributed by atoms with Gasteiger partial charge in [0.25, 0.3) is 0 Å². The molecule has 4 heteroatoms. The summed E-state index contributed by atoms with van der Waals surface area (Å²) < 4.78 is 0. The first-order valence-corrected chi connectivity index (χ1v) is 7.61. The first-order chi connectivity index (χ1) is 9.56. The van der Waals surface area contributed by atoms with Crippen LogP contribution >= 0.6 is 11.3 Å². The number of amides is 1. The molecule has 2 atom stereocenters. The van der Waals surface area contributed by atoms with Gasteiger partial charge in [-0.25, -0.2) is 0 Å². The molecule has 20 heavy (non-hydrogen) atoms. The molecule has 0 radical (unpaired) electrons. The second-order valence-electron chi connectivity index (χ2n) is 4.93. The Balaban J connectivity index is 2.05. The van der Waals surface area contributed by atoms with E-state index in [4.69, 9.17) is 0 Å². The minimum absolute atomic E-state index is 0.0466. The van der Waals surface area contributed by atoms with Crippen molar-refractivity contribution in [3.05, 3.63) is 52.2 Å². The van der Waals surface area contributed by atoms with Crippen LogP contribution in [-0.4, -0.2) is 5.91 Å². The Morgan fingerprint density at radius 3 is 2.60 bits per heavy atom. The van der Waals surface area contributed by atoms with Gasteiger partial charge in [0, 0.05) is 29.6 Å². The Hall–Kier alpha value is -1.65. The average molecular weight is 288 g/mol. The molecule has 3 nitrogen and oxygen atoms in total. The van der Waals surface area contributed by atoms with Crippen molar-refractivity contribution < 1.29 is 4.79 Å². The number of carbonyl (C=O) groups excluding carboxylic acids is 1. The molecule has 2 aromatic rings. The molecule has 1 aromatic carbocycles. The second kappa shape index (κ2) is 6.68. The molecule has 1 unspecified atom stereocenters. The zero-order valence-electron chi connectivity index (χ0n) is 12.0. The molecule has 0 bridgehead atoms. The summed E-state index contributed by atoms with van der Waals surface area (Å²) in [6.45, 7) is 5.82. The zero-order valence-corrected chi connectivity index (χ0v) is 12.8. The quantitative estimate of drug-likeness (QED) is 0.869. The van der Waals surface area contributed by atoms with Gasteiger partial charge in [-0.2, -0.15) is 0 Å². The van der Waals surface area contributed by atoms with Crippen LogP contribution < -0.4 is 10.6 Å². The summed E-state index contributed by atoms with van der Waals surface area (Å²) >= 11 is 1.76. The predicted octanol–water partition coefficient (Wildman–Crippen LogP) is 4.12. The molecule has 0 spiro atoms. The van der Waals surface area contributed by atoms with Gasteiger partial charge in [0.05, 0.1) is 0 Å². The van der Waals surface area contributed by atoms with Crippen LogP contribution in [0.4, 0.5) is 5.69 Å². The van der Waals surface area contributed by atoms with E-state index in [1.807, 2.05) is 18.2 Å². The lowest BCUT2D eigenvalue weighted by Crippen LogP contribution is -2.22. The fourth-order valence-corrected chi connectivity index (χ4v) is 2.92. The van der Waals surface area contributed by atoms with Crippen molar-refractivity contribution in [2.45, 2.75) is 32.9 Å². The maximum absolute atomic E-state index is 11.1. The van der Waals surface area contributed by atoms with Crippen LogP contribution in [0.15, 0.2) is 41.8 Å². The monoisotopic (exact) mass is 288 g/mol. The van der Waals surface area contributed by atoms with Crippen molar-refractivity contribution in [1.82, 2.24) is 5.32 Å². The van der Waals surface area contributed by atoms with Crippen LogP contribution in [0, 0.1) is 0 Å². The van der Waals surface area contributed by atoms with Gasteiger partial charge in [0.1, 0.15) is 0 Å². The van der Waals surface area contributed by atoms with Crippen LogP contribution in [0.5, 0.6) is 0 Å². The van der Waals surface area contributed by atoms with Crippen LogP contribution in [0.2, 0.25) is 0 Å². The molecule has 0 aliphatic rings. The van der Waals surface area contributed by atoms with Crippen LogP contribution in [0.1, 0.15) is 43.3 Å². The van der Waals surface area contributed by atoms with E-state index in [2.05, 4.69) is 48.1 Å². The summed E-state index contributed by atoms with van der Waals surface area (Å²) in [5, 5.41) is 8.49. The summed E-state index contributed by atoms with van der Waals surface area (Å²) in [6, 6.07) is 12.7. The van der Waals surface area contributed by atoms with Crippen LogP contribution in [0.25, 0.3) is 0 Å². The molecule has 1 heterocycles. The van der Waals surface area contributed by atoms with E-state index in [1.54, 1.807) is 11.3 Å². The normalized spacial score (nSPS) is 13.8. The van der Waals surface area contributed by atoms with Gasteiger partial charge in [-0.05, 0) is 43.0 Å². The topological polar surface area (TPSA) is 41.1 Å². The molecule has 0 saturated heterocycles. The fourth-order valence-electron chi connectivity index (χ4n) is 2.18. The van der Waals surface area contributed by atoms with E-state index in [1.165, 1.54) is 17.4 Å². The molecular formula is C16H20N2OS. The zero-order chi connectivity index (χ0) is 14.5. The Morgan fingerprint density at radius 1 is 1.15 bits per heavy atom. The molecule has 0 aliphatic heterocycles. The maximum atomic E-state index is 11.1. The van der Waals surface area contributed by atoms with Crippen LogP contribution in [0.3, 0.4) is 0 Å². The van der Waals surface area contributed by atoms with Gasteiger partial charge in [0.15, 0.2) is 0 Å². The van der Waals surface area contributed by atoms with Crippen molar-refractivity contribution >= 4 is 22.9 Å². The maximum Gasteiger partial charge on any atom is 0.221 e. The molecule has 106 valence electrons. The summed E-state index contributed by atoms with van der Waals surface area (Å²) in [5.74, 6) is -0.0466. The molecule has 2 rings (SSSR count). The van der Waals surface area contributed by atoms with Gasteiger partial charge in [-0.1, -0.05) is 18.2 Å². The van der Waals surface area contributed by atoms with Crippen molar-refractivity contribution in [1.29, 1.82) is 0 Å². The lowest BCUT2D eigenvalue weighted by Gasteiger charge is -2.20. The fraction of sp³-hybridized carbons (Fsp3) is 0.312. The SMILES string of the molecule is CC(=O)Nc1cccc(C(C)N[C@H](C)c2cccs2)c1. The molecule has 1 amide bonds. The standard InChI is InChI=1S/C16H20N2OS/c1-11(17-12(2)16-8-5-9-20-16)14-6-4-7-15(10-14)18-13(3)19/h4-12,17H,1-3H3,(H,18,19)/t11?,12-/m1/s1. The molecule has 0 aliphatic carbocycles. The van der Waals surface area contributed by atoms with Crippen molar-refractivity contribution in [2.24, 2.45) is 0 Å². The second-order valence-corrected chi connectivity index (χ2v) is 5.91. The largest absolute Gasteiger partial charge is 0.326 e. The average Bonchev–Trinajstić information content (AvgIpc) is 2.92. The highest BCUT2D eigenvalue weighted by Gasteiger charge is 2.12. The number of anilines is 1. The number of rotatable bonds is 5. The van der Waals surface area contributed by atoms with Crippen molar-refractivity contribution in [3.63, 3.8) is 0 Å². The van der Waals surface area contributed by atoms with Crippen LogP contribution in [-0.2, 0) is 4.79 Å². The number of hydrogen-bond acceptors (Lipinski definition) is 3. The highest BCUT2D eigenvalue weighted by Crippen LogP contribution is 2.24. The summed E-state index contributed by atoms with van der Waals surface area (Å²) in [7, 11) is 0. The Bertz CT molecular complexity index is 566. The third kappa shape index (κ3) is 3.92. The summed E-state index contributed by atoms with van der Waals surface area (Å²) in [5.41, 5.74) is 2.01. The van der Waals surface area contributed by atoms with E-state index >= 15 is 0 Å². The van der Waals surface area contributed by atoms with Gasteiger partial charge < -0.3 is 10.6 Å². The van der Waals surface area contributed by atoms with Gasteiger partial charge in [-0.3, -0.25) is 4.79 Å². The summed E-state index contributed by atoms with van der Waals surface area (Å²) in [6.07, 6.45) is 0. The molecule has 2 N–H and O–H groups in total. The smallest absolute Gasteiger partial charge is 0.221 e. The van der Waals surface area contributed by atoms with Crippen molar-refractivity contribution in [2.75, 3.05) is 5.32 Å². The number of nitrogens with one attached hydrogen (secondary N) is 2. The predicted molar refractivity (Wildman–Crippen MR) is 85.0 cm³/mol. The third-order valence-electron chi connectivity index (χ3n) is 3.18. The van der Waals surface area contributed by atoms with E-state index in [0.717, 1.165) is 5.69 Å². The summed E-state index contributed by atoms with van der Waals surface area (Å²) in [4.78, 5) is 12.4. The Morgan fingerprint density at radius 2 is 1.95 bits per heavy atom. The van der Waals surface area contributed by atoms with E-state index in [9.17, 15) is 4.79 Å². The minimum atomic E-state index is -0.0466. The number of carbonyl (C=O) groups is 1. The molecule has 0 fully saturated rings. The van der Waals surface area contributed by atoms with E-state index in [0.29, 0.717) is 6.04 Å². The number of hydrogen-bond donors (Lipinski definition) is 2. The Kier molecular flexibility index (Phi) is 4.93. The highest BCUT2D eigenvalue weighted by molar-refractivity contribution is 7.10.